The fraction of sp³-hybridized carbons (Fsp3) is 0.263. The minimum atomic E-state index is -0.455. The van der Waals surface area contributed by atoms with Gasteiger partial charge in [-0.05, 0) is 30.3 Å². The van der Waals surface area contributed by atoms with E-state index in [1.165, 1.54) is 0 Å². The monoisotopic (exact) mass is 341 g/mol. The second-order valence-electron chi connectivity index (χ2n) is 5.83. The lowest BCUT2D eigenvalue weighted by Crippen LogP contribution is -2.38. The van der Waals surface area contributed by atoms with Gasteiger partial charge in [0.15, 0.2) is 0 Å². The zero-order chi connectivity index (χ0) is 18.1. The molecule has 6 nitrogen and oxygen atoms in total. The summed E-state index contributed by atoms with van der Waals surface area (Å²) in [6.45, 7) is 1.12. The predicted octanol–water partition coefficient (Wildman–Crippen LogP) is 1.30. The molecule has 6 heteroatoms. The molecule has 0 aliphatic heterocycles. The maximum atomic E-state index is 11.8. The highest BCUT2D eigenvalue weighted by atomic mass is 16.5. The first-order chi connectivity index (χ1) is 12.0. The van der Waals surface area contributed by atoms with Crippen LogP contribution in [0.15, 0.2) is 54.6 Å². The molecule has 132 valence electrons. The predicted molar refractivity (Wildman–Crippen MR) is 95.8 cm³/mol. The van der Waals surface area contributed by atoms with Crippen LogP contribution in [0.4, 0.5) is 0 Å². The molecule has 0 aliphatic rings. The van der Waals surface area contributed by atoms with E-state index in [0.29, 0.717) is 13.2 Å². The summed E-state index contributed by atoms with van der Waals surface area (Å²) in [4.78, 5) is 24.2. The average molecular weight is 341 g/mol. The van der Waals surface area contributed by atoms with Gasteiger partial charge in [-0.3, -0.25) is 14.5 Å². The SMILES string of the molecule is CN(CC(N)=O)CC(=O)NCc1ccc(COc2ccccc2)cc1. The van der Waals surface area contributed by atoms with Crippen molar-refractivity contribution in [3.05, 3.63) is 65.7 Å². The third-order valence-electron chi connectivity index (χ3n) is 3.50. The summed E-state index contributed by atoms with van der Waals surface area (Å²) in [5, 5.41) is 2.82. The van der Waals surface area contributed by atoms with Crippen LogP contribution >= 0.6 is 0 Å². The van der Waals surface area contributed by atoms with Crippen LogP contribution in [0.3, 0.4) is 0 Å². The Morgan fingerprint density at radius 1 is 1.00 bits per heavy atom. The number of hydrogen-bond acceptors (Lipinski definition) is 4. The quantitative estimate of drug-likeness (QED) is 0.720. The van der Waals surface area contributed by atoms with Crippen LogP contribution in [0, 0.1) is 0 Å². The minimum absolute atomic E-state index is 0.0591. The molecule has 0 aromatic heterocycles. The Morgan fingerprint density at radius 2 is 1.64 bits per heavy atom. The van der Waals surface area contributed by atoms with Crippen molar-refractivity contribution in [3.63, 3.8) is 0 Å². The molecule has 0 fully saturated rings. The maximum absolute atomic E-state index is 11.8. The number of primary amides is 1. The number of nitrogens with zero attached hydrogens (tertiary/aromatic N) is 1. The van der Waals surface area contributed by atoms with E-state index < -0.39 is 5.91 Å². The second kappa shape index (κ2) is 9.44. The smallest absolute Gasteiger partial charge is 0.234 e. The van der Waals surface area contributed by atoms with Crippen LogP contribution in [-0.2, 0) is 22.7 Å². The van der Waals surface area contributed by atoms with Gasteiger partial charge in [0, 0.05) is 6.54 Å². The topological polar surface area (TPSA) is 84.7 Å². The number of rotatable bonds is 9. The van der Waals surface area contributed by atoms with Crippen molar-refractivity contribution < 1.29 is 14.3 Å². The van der Waals surface area contributed by atoms with Gasteiger partial charge in [0.2, 0.25) is 11.8 Å². The molecule has 0 bridgehead atoms. The van der Waals surface area contributed by atoms with Crippen molar-refractivity contribution >= 4 is 11.8 Å². The number of hydrogen-bond donors (Lipinski definition) is 2. The van der Waals surface area contributed by atoms with E-state index in [1.54, 1.807) is 11.9 Å². The van der Waals surface area contributed by atoms with Crippen molar-refractivity contribution in [2.75, 3.05) is 20.1 Å². The summed E-state index contributed by atoms with van der Waals surface area (Å²) in [6.07, 6.45) is 0. The van der Waals surface area contributed by atoms with E-state index in [9.17, 15) is 9.59 Å². The van der Waals surface area contributed by atoms with Gasteiger partial charge < -0.3 is 15.8 Å². The second-order valence-corrected chi connectivity index (χ2v) is 5.83. The van der Waals surface area contributed by atoms with Gasteiger partial charge in [-0.2, -0.15) is 0 Å². The standard InChI is InChI=1S/C19H23N3O3/c1-22(12-18(20)23)13-19(24)21-11-15-7-9-16(10-8-15)14-25-17-5-3-2-4-6-17/h2-10H,11-14H2,1H3,(H2,20,23)(H,21,24). The highest BCUT2D eigenvalue weighted by Gasteiger charge is 2.08. The van der Waals surface area contributed by atoms with Crippen molar-refractivity contribution in [2.45, 2.75) is 13.2 Å². The molecule has 2 aromatic carbocycles. The van der Waals surface area contributed by atoms with E-state index in [2.05, 4.69) is 5.32 Å². The van der Waals surface area contributed by atoms with Crippen LogP contribution in [0.25, 0.3) is 0 Å². The number of amides is 2. The Bertz CT molecular complexity index is 687. The third kappa shape index (κ3) is 7.05. The summed E-state index contributed by atoms with van der Waals surface area (Å²) in [5.74, 6) is 0.225. The van der Waals surface area contributed by atoms with Gasteiger partial charge in [-0.1, -0.05) is 42.5 Å². The molecule has 0 atom stereocenters. The number of para-hydroxylation sites is 1. The normalized spacial score (nSPS) is 10.5. The van der Waals surface area contributed by atoms with Gasteiger partial charge in [0.05, 0.1) is 13.1 Å². The van der Waals surface area contributed by atoms with Crippen molar-refractivity contribution in [1.82, 2.24) is 10.2 Å². The zero-order valence-corrected chi connectivity index (χ0v) is 14.3. The first-order valence-electron chi connectivity index (χ1n) is 8.02. The average Bonchev–Trinajstić information content (AvgIpc) is 2.59. The summed E-state index contributed by atoms with van der Waals surface area (Å²) >= 11 is 0. The van der Waals surface area contributed by atoms with E-state index in [4.69, 9.17) is 10.5 Å². The van der Waals surface area contributed by atoms with Crippen LogP contribution in [0.5, 0.6) is 5.75 Å². The highest BCUT2D eigenvalue weighted by Crippen LogP contribution is 2.12. The molecular formula is C19H23N3O3. The number of likely N-dealkylation sites (N-methyl/N-ethyl adjacent to an activating group) is 1. The van der Waals surface area contributed by atoms with E-state index in [1.807, 2.05) is 54.6 Å². The van der Waals surface area contributed by atoms with E-state index in [-0.39, 0.29) is 19.0 Å². The summed E-state index contributed by atoms with van der Waals surface area (Å²) in [6, 6.07) is 17.5. The molecule has 0 aliphatic carbocycles. The molecule has 0 heterocycles. The van der Waals surface area contributed by atoms with E-state index in [0.717, 1.165) is 16.9 Å². The van der Waals surface area contributed by atoms with Gasteiger partial charge >= 0.3 is 0 Å². The molecule has 0 unspecified atom stereocenters. The van der Waals surface area contributed by atoms with Gasteiger partial charge in [-0.25, -0.2) is 0 Å². The zero-order valence-electron chi connectivity index (χ0n) is 14.3. The molecule has 2 amide bonds. The van der Waals surface area contributed by atoms with Crippen molar-refractivity contribution in [3.8, 4) is 5.75 Å². The van der Waals surface area contributed by atoms with Crippen LogP contribution in [0.2, 0.25) is 0 Å². The molecule has 0 saturated heterocycles. The van der Waals surface area contributed by atoms with Crippen LogP contribution < -0.4 is 15.8 Å². The molecule has 0 saturated carbocycles. The Kier molecular flexibility index (Phi) is 6.98. The van der Waals surface area contributed by atoms with Crippen LogP contribution in [-0.4, -0.2) is 36.9 Å². The van der Waals surface area contributed by atoms with Gasteiger partial charge in [-0.15, -0.1) is 0 Å². The number of nitrogens with two attached hydrogens (primary N) is 1. The number of ether oxygens (including phenoxy) is 1. The first kappa shape index (κ1) is 18.5. The Hall–Kier alpha value is -2.86. The molecule has 3 N–H and O–H groups in total. The fourth-order valence-electron chi connectivity index (χ4n) is 2.26. The summed E-state index contributed by atoms with van der Waals surface area (Å²) in [5.41, 5.74) is 7.14. The number of nitrogens with one attached hydrogen (secondary N) is 1. The van der Waals surface area contributed by atoms with Crippen molar-refractivity contribution in [1.29, 1.82) is 0 Å². The Balaban J connectivity index is 1.74. The third-order valence-corrected chi connectivity index (χ3v) is 3.50. The number of carbonyl (C=O) groups excluding carboxylic acids is 2. The number of benzene rings is 2. The molecule has 0 spiro atoms. The molecule has 0 radical (unpaired) electrons. The largest absolute Gasteiger partial charge is 0.489 e. The van der Waals surface area contributed by atoms with Gasteiger partial charge in [0.1, 0.15) is 12.4 Å². The maximum Gasteiger partial charge on any atom is 0.234 e. The molecule has 2 rings (SSSR count). The van der Waals surface area contributed by atoms with Crippen LogP contribution in [0.1, 0.15) is 11.1 Å². The fourth-order valence-corrected chi connectivity index (χ4v) is 2.26. The van der Waals surface area contributed by atoms with E-state index >= 15 is 0 Å². The Labute approximate surface area is 147 Å². The Morgan fingerprint density at radius 3 is 2.28 bits per heavy atom. The molecule has 2 aromatic rings. The summed E-state index contributed by atoms with van der Waals surface area (Å²) in [7, 11) is 1.67. The highest BCUT2D eigenvalue weighted by molar-refractivity contribution is 5.80. The molecular weight excluding hydrogens is 318 g/mol. The lowest BCUT2D eigenvalue weighted by molar-refractivity contribution is -0.123. The minimum Gasteiger partial charge on any atom is -0.489 e. The number of carbonyl (C=O) groups is 2. The van der Waals surface area contributed by atoms with Crippen molar-refractivity contribution in [2.24, 2.45) is 5.73 Å². The lowest BCUT2D eigenvalue weighted by atomic mass is 10.1. The summed E-state index contributed by atoms with van der Waals surface area (Å²) < 4.78 is 5.69. The van der Waals surface area contributed by atoms with Gasteiger partial charge in [0.25, 0.3) is 0 Å². The molecule has 25 heavy (non-hydrogen) atoms. The first-order valence-corrected chi connectivity index (χ1v) is 8.02. The lowest BCUT2D eigenvalue weighted by Gasteiger charge is -2.14.